The molecule has 1 aromatic carbocycles. The smallest absolute Gasteiger partial charge is 0.144 e. The quantitative estimate of drug-likeness (QED) is 0.855. The van der Waals surface area contributed by atoms with Gasteiger partial charge in [0.15, 0.2) is 0 Å². The van der Waals surface area contributed by atoms with E-state index in [0.29, 0.717) is 35.3 Å². The second kappa shape index (κ2) is 6.41. The van der Waals surface area contributed by atoms with Crippen LogP contribution < -0.4 is 10.7 Å². The fraction of sp³-hybridized carbons (Fsp3) is 0.200. The van der Waals surface area contributed by atoms with Gasteiger partial charge in [-0.3, -0.25) is 0 Å². The van der Waals surface area contributed by atoms with E-state index in [1.54, 1.807) is 11.1 Å². The highest BCUT2D eigenvalue weighted by Crippen LogP contribution is 2.31. The molecular formula is C15H14Cl2N4O. The Hall–Kier alpha value is -2.00. The molecule has 0 saturated heterocycles. The fourth-order valence-corrected chi connectivity index (χ4v) is 2.63. The van der Waals surface area contributed by atoms with Gasteiger partial charge in [0.25, 0.3) is 0 Å². The summed E-state index contributed by atoms with van der Waals surface area (Å²) < 4.78 is 5.37. The molecule has 22 heavy (non-hydrogen) atoms. The zero-order valence-electron chi connectivity index (χ0n) is 11.8. The Bertz CT molecular complexity index is 746. The summed E-state index contributed by atoms with van der Waals surface area (Å²) in [4.78, 5) is 0. The van der Waals surface area contributed by atoms with Crippen molar-refractivity contribution in [2.24, 2.45) is 10.8 Å². The molecule has 0 fully saturated rings. The molecule has 7 heteroatoms. The van der Waals surface area contributed by atoms with E-state index in [1.165, 1.54) is 0 Å². The molecule has 0 aliphatic carbocycles. The number of aryl methyl sites for hydroxylation is 1. The van der Waals surface area contributed by atoms with Crippen LogP contribution in [0, 0.1) is 18.3 Å². The van der Waals surface area contributed by atoms with E-state index in [-0.39, 0.29) is 12.4 Å². The summed E-state index contributed by atoms with van der Waals surface area (Å²) in [6, 6.07) is 7.60. The van der Waals surface area contributed by atoms with E-state index in [0.717, 1.165) is 16.8 Å². The predicted octanol–water partition coefficient (Wildman–Crippen LogP) is 2.90. The largest absolute Gasteiger partial charge is 0.383 e. The molecule has 2 N–H and O–H groups in total. The van der Waals surface area contributed by atoms with Gasteiger partial charge in [-0.05, 0) is 36.8 Å². The molecule has 5 nitrogen and oxygen atoms in total. The first-order valence-corrected chi connectivity index (χ1v) is 6.82. The van der Waals surface area contributed by atoms with E-state index < -0.39 is 0 Å². The summed E-state index contributed by atoms with van der Waals surface area (Å²) in [5.41, 5.74) is 9.77. The van der Waals surface area contributed by atoms with Gasteiger partial charge in [0.1, 0.15) is 17.5 Å². The third-order valence-electron chi connectivity index (χ3n) is 3.43. The maximum Gasteiger partial charge on any atom is 0.144 e. The molecule has 0 unspecified atom stereocenters. The van der Waals surface area contributed by atoms with Crippen molar-refractivity contribution in [2.75, 3.05) is 18.2 Å². The van der Waals surface area contributed by atoms with Gasteiger partial charge in [-0.2, -0.15) is 10.4 Å². The standard InChI is InChI=1S/C15H13ClN4O.ClH/c1-9-6-10(16)2-3-14(9)20-15(18)12(7-17)11-4-5-21-8-13(11)19-20;/h2-4,6H,5,8,18H2,1H3;1H. The van der Waals surface area contributed by atoms with Gasteiger partial charge in [-0.15, -0.1) is 12.4 Å². The molecule has 2 aliphatic heterocycles. The van der Waals surface area contributed by atoms with E-state index in [9.17, 15) is 5.26 Å². The highest BCUT2D eigenvalue weighted by molar-refractivity contribution is 6.30. The first kappa shape index (κ1) is 16.4. The predicted molar refractivity (Wildman–Crippen MR) is 89.1 cm³/mol. The Kier molecular flexibility index (Phi) is 4.77. The van der Waals surface area contributed by atoms with Crippen LogP contribution in [0.25, 0.3) is 0 Å². The number of anilines is 1. The molecule has 0 radical (unpaired) electrons. The monoisotopic (exact) mass is 336 g/mol. The van der Waals surface area contributed by atoms with Crippen LogP contribution in [0.2, 0.25) is 5.02 Å². The summed E-state index contributed by atoms with van der Waals surface area (Å²) in [5, 5.41) is 16.1. The first-order valence-electron chi connectivity index (χ1n) is 6.44. The number of ether oxygens (including phenoxy) is 1. The van der Waals surface area contributed by atoms with Crippen molar-refractivity contribution < 1.29 is 4.74 Å². The maximum absolute atomic E-state index is 9.41. The number of hydrogen-bond donors (Lipinski definition) is 1. The Labute approximate surface area is 139 Å². The van der Waals surface area contributed by atoms with Crippen molar-refractivity contribution in [1.82, 2.24) is 0 Å². The summed E-state index contributed by atoms with van der Waals surface area (Å²) in [5.74, 6) is 0.319. The lowest BCUT2D eigenvalue weighted by molar-refractivity contribution is 0.199. The topological polar surface area (TPSA) is 74.6 Å². The lowest BCUT2D eigenvalue weighted by atomic mass is 9.99. The van der Waals surface area contributed by atoms with Gasteiger partial charge in [0, 0.05) is 10.6 Å². The van der Waals surface area contributed by atoms with Crippen LogP contribution in [0.4, 0.5) is 5.69 Å². The number of fused-ring (bicyclic) bond motifs is 1. The second-order valence-corrected chi connectivity index (χ2v) is 5.23. The van der Waals surface area contributed by atoms with Gasteiger partial charge >= 0.3 is 0 Å². The molecule has 0 amide bonds. The minimum absolute atomic E-state index is 0. The number of allylic oxidation sites excluding steroid dienone is 1. The number of rotatable bonds is 1. The summed E-state index contributed by atoms with van der Waals surface area (Å²) in [7, 11) is 0. The van der Waals surface area contributed by atoms with Crippen LogP contribution in [0.3, 0.4) is 0 Å². The summed E-state index contributed by atoms with van der Waals surface area (Å²) >= 11 is 5.98. The molecule has 0 saturated carbocycles. The third kappa shape index (κ3) is 2.69. The highest BCUT2D eigenvalue weighted by Gasteiger charge is 2.28. The number of hydrazone groups is 1. The number of nitrogens with two attached hydrogens (primary N) is 1. The molecule has 0 spiro atoms. The number of hydrogen-bond acceptors (Lipinski definition) is 5. The van der Waals surface area contributed by atoms with Crippen molar-refractivity contribution in [3.05, 3.63) is 51.8 Å². The Morgan fingerprint density at radius 3 is 2.91 bits per heavy atom. The van der Waals surface area contributed by atoms with Crippen molar-refractivity contribution in [2.45, 2.75) is 6.92 Å². The van der Waals surface area contributed by atoms with Crippen molar-refractivity contribution >= 4 is 35.4 Å². The zero-order valence-corrected chi connectivity index (χ0v) is 13.4. The summed E-state index contributed by atoms with van der Waals surface area (Å²) in [6.45, 7) is 2.75. The first-order chi connectivity index (χ1) is 10.1. The number of benzene rings is 1. The molecular weight excluding hydrogens is 323 g/mol. The molecule has 0 bridgehead atoms. The molecule has 0 atom stereocenters. The average Bonchev–Trinajstić information content (AvgIpc) is 2.47. The van der Waals surface area contributed by atoms with E-state index in [4.69, 9.17) is 22.1 Å². The van der Waals surface area contributed by atoms with Crippen molar-refractivity contribution in [3.8, 4) is 6.07 Å². The highest BCUT2D eigenvalue weighted by atomic mass is 35.5. The SMILES string of the molecule is Cc1cc(Cl)ccc1N1N=C2COCC=C2C(C#N)=C1N.Cl. The number of nitriles is 1. The molecule has 2 heterocycles. The number of halogens is 2. The van der Waals surface area contributed by atoms with E-state index in [1.807, 2.05) is 25.1 Å². The Morgan fingerprint density at radius 1 is 1.45 bits per heavy atom. The lowest BCUT2D eigenvalue weighted by Crippen LogP contribution is -2.34. The Balaban J connectivity index is 0.00000176. The zero-order chi connectivity index (χ0) is 15.0. The van der Waals surface area contributed by atoms with E-state index >= 15 is 0 Å². The fourth-order valence-electron chi connectivity index (χ4n) is 2.40. The Morgan fingerprint density at radius 2 is 2.23 bits per heavy atom. The lowest BCUT2D eigenvalue weighted by Gasteiger charge is -2.30. The maximum atomic E-state index is 9.41. The third-order valence-corrected chi connectivity index (χ3v) is 3.66. The van der Waals surface area contributed by atoms with Gasteiger partial charge in [0.2, 0.25) is 0 Å². The van der Waals surface area contributed by atoms with Crippen LogP contribution in [0.5, 0.6) is 0 Å². The van der Waals surface area contributed by atoms with E-state index in [2.05, 4.69) is 11.2 Å². The van der Waals surface area contributed by atoms with Crippen LogP contribution >= 0.6 is 24.0 Å². The van der Waals surface area contributed by atoms with Crippen LogP contribution in [0.15, 0.2) is 46.3 Å². The normalized spacial score (nSPS) is 17.0. The van der Waals surface area contributed by atoms with Gasteiger partial charge in [-0.1, -0.05) is 11.6 Å². The minimum atomic E-state index is 0. The van der Waals surface area contributed by atoms with Crippen molar-refractivity contribution in [1.29, 1.82) is 5.26 Å². The summed E-state index contributed by atoms with van der Waals surface area (Å²) in [6.07, 6.45) is 1.83. The molecule has 2 aliphatic rings. The molecule has 1 aromatic rings. The van der Waals surface area contributed by atoms with Gasteiger partial charge < -0.3 is 10.5 Å². The van der Waals surface area contributed by atoms with Crippen molar-refractivity contribution in [3.63, 3.8) is 0 Å². The average molecular weight is 337 g/mol. The molecule has 3 rings (SSSR count). The number of nitrogens with zero attached hydrogens (tertiary/aromatic N) is 3. The van der Waals surface area contributed by atoms with Gasteiger partial charge in [-0.25, -0.2) is 5.01 Å². The minimum Gasteiger partial charge on any atom is -0.383 e. The molecule has 114 valence electrons. The van der Waals surface area contributed by atoms with Crippen LogP contribution in [-0.2, 0) is 4.74 Å². The van der Waals surface area contributed by atoms with Crippen LogP contribution in [-0.4, -0.2) is 18.9 Å². The van der Waals surface area contributed by atoms with Gasteiger partial charge in [0.05, 0.1) is 24.6 Å². The van der Waals surface area contributed by atoms with Crippen LogP contribution in [0.1, 0.15) is 5.56 Å². The molecule has 0 aromatic heterocycles. The second-order valence-electron chi connectivity index (χ2n) is 4.79.